The van der Waals surface area contributed by atoms with Crippen LogP contribution < -0.4 is 10.6 Å². The number of carbonyl (C=O) groups is 1. The largest absolute Gasteiger partial charge is 0.435 e. The second-order valence-electron chi connectivity index (χ2n) is 8.88. The number of anilines is 1. The molecule has 2 heterocycles. The second-order valence-corrected chi connectivity index (χ2v) is 9.28. The van der Waals surface area contributed by atoms with E-state index in [1.165, 1.54) is 4.68 Å². The summed E-state index contributed by atoms with van der Waals surface area (Å²) in [7, 11) is 0. The van der Waals surface area contributed by atoms with Crippen LogP contribution in [0.15, 0.2) is 65.9 Å². The maximum absolute atomic E-state index is 13.6. The molecule has 0 fully saturated rings. The Morgan fingerprint density at radius 3 is 2.38 bits per heavy atom. The number of fused-ring (bicyclic) bond motifs is 1. The monoisotopic (exact) mass is 488 g/mol. The number of hydrogen-bond acceptors (Lipinski definition) is 3. The molecule has 1 unspecified atom stereocenters. The van der Waals surface area contributed by atoms with Gasteiger partial charge < -0.3 is 10.6 Å². The number of aryl methyl sites for hydroxylation is 1. The van der Waals surface area contributed by atoms with Crippen LogP contribution in [-0.4, -0.2) is 15.7 Å². The van der Waals surface area contributed by atoms with Gasteiger partial charge in [-0.25, -0.2) is 4.68 Å². The highest BCUT2D eigenvalue weighted by Crippen LogP contribution is 2.40. The van der Waals surface area contributed by atoms with E-state index in [0.29, 0.717) is 16.3 Å². The topological polar surface area (TPSA) is 59.0 Å². The average molecular weight is 489 g/mol. The van der Waals surface area contributed by atoms with E-state index in [-0.39, 0.29) is 11.4 Å². The van der Waals surface area contributed by atoms with Crippen LogP contribution in [0.4, 0.5) is 19.0 Å². The maximum Gasteiger partial charge on any atom is 0.435 e. The van der Waals surface area contributed by atoms with E-state index < -0.39 is 29.4 Å². The molecule has 0 spiro atoms. The van der Waals surface area contributed by atoms with E-state index in [2.05, 4.69) is 15.7 Å². The standard InChI is InChI=1S/C25H24ClF3N4O/c1-14-12-16(10-11-18(14)26)22-21(23(34)31-24(3,4)17-8-6-5-7-9-17)15(2)30-20-13-19(25(27,28)29)32-33(20)22/h5-13,22,30H,1-4H3,(H,31,34). The van der Waals surface area contributed by atoms with Crippen LogP contribution in [0, 0.1) is 6.92 Å². The Kier molecular flexibility index (Phi) is 5.97. The fourth-order valence-electron chi connectivity index (χ4n) is 4.13. The molecule has 1 amide bonds. The van der Waals surface area contributed by atoms with Gasteiger partial charge in [-0.15, -0.1) is 0 Å². The fraction of sp³-hybridized carbons (Fsp3) is 0.280. The van der Waals surface area contributed by atoms with Crippen LogP contribution in [0.3, 0.4) is 0 Å². The molecule has 34 heavy (non-hydrogen) atoms. The van der Waals surface area contributed by atoms with Crippen molar-refractivity contribution in [2.24, 2.45) is 0 Å². The first-order valence-electron chi connectivity index (χ1n) is 10.7. The van der Waals surface area contributed by atoms with Gasteiger partial charge in [0.2, 0.25) is 0 Å². The van der Waals surface area contributed by atoms with Crippen molar-refractivity contribution in [1.82, 2.24) is 15.1 Å². The Bertz CT molecular complexity index is 1280. The number of nitrogens with zero attached hydrogens (tertiary/aromatic N) is 2. The predicted octanol–water partition coefficient (Wildman–Crippen LogP) is 6.20. The summed E-state index contributed by atoms with van der Waals surface area (Å²) < 4.78 is 41.6. The summed E-state index contributed by atoms with van der Waals surface area (Å²) >= 11 is 6.19. The molecule has 0 saturated carbocycles. The molecule has 5 nitrogen and oxygen atoms in total. The normalized spacial score (nSPS) is 16.2. The summed E-state index contributed by atoms with van der Waals surface area (Å²) in [6, 6.07) is 14.7. The van der Waals surface area contributed by atoms with E-state index in [4.69, 9.17) is 11.6 Å². The van der Waals surface area contributed by atoms with Crippen LogP contribution in [0.25, 0.3) is 0 Å². The van der Waals surface area contributed by atoms with Gasteiger partial charge in [0, 0.05) is 16.8 Å². The van der Waals surface area contributed by atoms with Gasteiger partial charge in [-0.2, -0.15) is 18.3 Å². The third-order valence-electron chi connectivity index (χ3n) is 5.93. The molecule has 1 aromatic heterocycles. The number of aromatic nitrogens is 2. The summed E-state index contributed by atoms with van der Waals surface area (Å²) in [6.45, 7) is 7.21. The Hall–Kier alpha value is -3.26. The van der Waals surface area contributed by atoms with Crippen molar-refractivity contribution in [2.75, 3.05) is 5.32 Å². The Morgan fingerprint density at radius 1 is 1.09 bits per heavy atom. The van der Waals surface area contributed by atoms with Gasteiger partial charge in [0.25, 0.3) is 5.91 Å². The first kappa shape index (κ1) is 23.9. The summed E-state index contributed by atoms with van der Waals surface area (Å²) in [5.74, 6) is -0.257. The van der Waals surface area contributed by atoms with Gasteiger partial charge >= 0.3 is 6.18 Å². The molecule has 1 aliphatic rings. The van der Waals surface area contributed by atoms with Gasteiger partial charge in [-0.05, 0) is 50.5 Å². The van der Waals surface area contributed by atoms with E-state index in [1.54, 1.807) is 32.0 Å². The zero-order chi connectivity index (χ0) is 24.8. The number of amides is 1. The number of nitrogens with one attached hydrogen (secondary N) is 2. The first-order chi connectivity index (χ1) is 15.9. The average Bonchev–Trinajstić information content (AvgIpc) is 3.19. The molecule has 0 saturated heterocycles. The lowest BCUT2D eigenvalue weighted by molar-refractivity contribution is -0.141. The van der Waals surface area contributed by atoms with Crippen molar-refractivity contribution >= 4 is 23.3 Å². The second kappa shape index (κ2) is 8.51. The van der Waals surface area contributed by atoms with Crippen molar-refractivity contribution in [3.05, 3.63) is 93.3 Å². The molecule has 2 N–H and O–H groups in total. The van der Waals surface area contributed by atoms with E-state index in [9.17, 15) is 18.0 Å². The third-order valence-corrected chi connectivity index (χ3v) is 6.35. The lowest BCUT2D eigenvalue weighted by Gasteiger charge is -2.33. The van der Waals surface area contributed by atoms with Gasteiger partial charge in [0.05, 0.1) is 11.1 Å². The van der Waals surface area contributed by atoms with E-state index in [1.807, 2.05) is 44.2 Å². The Labute approximate surface area is 200 Å². The van der Waals surface area contributed by atoms with Crippen LogP contribution >= 0.6 is 11.6 Å². The minimum absolute atomic E-state index is 0.154. The molecule has 3 aromatic rings. The zero-order valence-corrected chi connectivity index (χ0v) is 19.8. The summed E-state index contributed by atoms with van der Waals surface area (Å²) in [4.78, 5) is 13.6. The highest BCUT2D eigenvalue weighted by Gasteiger charge is 2.40. The molecule has 1 aliphatic heterocycles. The van der Waals surface area contributed by atoms with Crippen LogP contribution in [0.5, 0.6) is 0 Å². The predicted molar refractivity (Wildman–Crippen MR) is 125 cm³/mol. The molecule has 1 atom stereocenters. The van der Waals surface area contributed by atoms with Gasteiger partial charge in [0.15, 0.2) is 5.69 Å². The summed E-state index contributed by atoms with van der Waals surface area (Å²) in [5, 5.41) is 10.3. The molecule has 0 radical (unpaired) electrons. The zero-order valence-electron chi connectivity index (χ0n) is 19.1. The van der Waals surface area contributed by atoms with Gasteiger partial charge in [-0.3, -0.25) is 4.79 Å². The van der Waals surface area contributed by atoms with Crippen molar-refractivity contribution < 1.29 is 18.0 Å². The Balaban J connectivity index is 1.81. The number of allylic oxidation sites excluding steroid dienone is 1. The molecule has 9 heteroatoms. The van der Waals surface area contributed by atoms with Crippen molar-refractivity contribution in [3.8, 4) is 0 Å². The number of carbonyl (C=O) groups excluding carboxylic acids is 1. The first-order valence-corrected chi connectivity index (χ1v) is 11.0. The minimum Gasteiger partial charge on any atom is -0.344 e. The minimum atomic E-state index is -4.63. The van der Waals surface area contributed by atoms with E-state index in [0.717, 1.165) is 17.2 Å². The molecule has 178 valence electrons. The number of hydrogen-bond donors (Lipinski definition) is 2. The molecule has 2 aromatic carbocycles. The number of rotatable bonds is 4. The number of alkyl halides is 3. The van der Waals surface area contributed by atoms with E-state index >= 15 is 0 Å². The smallest absolute Gasteiger partial charge is 0.344 e. The SMILES string of the molecule is CC1=C(C(=O)NC(C)(C)c2ccccc2)C(c2ccc(Cl)c(C)c2)n2nc(C(F)(F)F)cc2N1. The summed E-state index contributed by atoms with van der Waals surface area (Å²) in [6.07, 6.45) is -4.63. The number of benzene rings is 2. The molecular formula is C25H24ClF3N4O. The lowest BCUT2D eigenvalue weighted by atomic mass is 9.90. The van der Waals surface area contributed by atoms with Gasteiger partial charge in [-0.1, -0.05) is 54.1 Å². The quantitative estimate of drug-likeness (QED) is 0.459. The third kappa shape index (κ3) is 4.42. The highest BCUT2D eigenvalue weighted by molar-refractivity contribution is 6.31. The highest BCUT2D eigenvalue weighted by atomic mass is 35.5. The Morgan fingerprint density at radius 2 is 1.76 bits per heavy atom. The maximum atomic E-state index is 13.6. The fourth-order valence-corrected chi connectivity index (χ4v) is 4.25. The van der Waals surface area contributed by atoms with Crippen molar-refractivity contribution in [1.29, 1.82) is 0 Å². The molecular weight excluding hydrogens is 465 g/mol. The summed E-state index contributed by atoms with van der Waals surface area (Å²) in [5.41, 5.74) is 1.18. The molecule has 0 bridgehead atoms. The van der Waals surface area contributed by atoms with Crippen molar-refractivity contribution in [2.45, 2.75) is 45.5 Å². The molecule has 4 rings (SSSR count). The lowest BCUT2D eigenvalue weighted by Crippen LogP contribution is -2.44. The number of halogens is 4. The molecule has 0 aliphatic carbocycles. The van der Waals surface area contributed by atoms with Crippen molar-refractivity contribution in [3.63, 3.8) is 0 Å². The van der Waals surface area contributed by atoms with Gasteiger partial charge in [0.1, 0.15) is 11.9 Å². The van der Waals surface area contributed by atoms with Crippen LogP contribution in [-0.2, 0) is 16.5 Å². The van der Waals surface area contributed by atoms with Crippen LogP contribution in [0.1, 0.15) is 49.2 Å². The van der Waals surface area contributed by atoms with Crippen LogP contribution in [0.2, 0.25) is 5.02 Å².